The molecule has 98 valence electrons. The summed E-state index contributed by atoms with van der Waals surface area (Å²) in [5.74, 6) is 0.729. The van der Waals surface area contributed by atoms with Gasteiger partial charge in [-0.15, -0.1) is 0 Å². The van der Waals surface area contributed by atoms with Gasteiger partial charge in [0.15, 0.2) is 0 Å². The Balaban J connectivity index is 1.30. The van der Waals surface area contributed by atoms with E-state index in [9.17, 15) is 0 Å². The molecular formula is C16H23NO. The van der Waals surface area contributed by atoms with Crippen molar-refractivity contribution >= 4 is 0 Å². The van der Waals surface area contributed by atoms with Gasteiger partial charge in [-0.2, -0.15) is 0 Å². The second kappa shape index (κ2) is 5.85. The molecule has 1 unspecified atom stereocenters. The van der Waals surface area contributed by atoms with E-state index in [2.05, 4.69) is 29.6 Å². The Hall–Kier alpha value is -0.860. The molecule has 0 aliphatic heterocycles. The highest BCUT2D eigenvalue weighted by Gasteiger charge is 2.24. The van der Waals surface area contributed by atoms with Crippen LogP contribution in [0.15, 0.2) is 24.3 Å². The predicted octanol–water partition coefficient (Wildman–Crippen LogP) is 2.88. The van der Waals surface area contributed by atoms with E-state index in [1.165, 1.54) is 37.7 Å². The van der Waals surface area contributed by atoms with Crippen molar-refractivity contribution in [1.82, 2.24) is 5.32 Å². The summed E-state index contributed by atoms with van der Waals surface area (Å²) in [4.78, 5) is 0. The highest BCUT2D eigenvalue weighted by Crippen LogP contribution is 2.33. The van der Waals surface area contributed by atoms with Crippen LogP contribution in [0.2, 0.25) is 0 Å². The first-order chi connectivity index (χ1) is 8.93. The van der Waals surface area contributed by atoms with Gasteiger partial charge in [0.2, 0.25) is 0 Å². The predicted molar refractivity (Wildman–Crippen MR) is 74.0 cm³/mol. The Kier molecular flexibility index (Phi) is 3.96. The summed E-state index contributed by atoms with van der Waals surface area (Å²) in [6.45, 7) is 2.97. The lowest BCUT2D eigenvalue weighted by Gasteiger charge is -2.30. The van der Waals surface area contributed by atoms with Crippen molar-refractivity contribution in [3.8, 4) is 0 Å². The van der Waals surface area contributed by atoms with Crippen molar-refractivity contribution in [3.63, 3.8) is 0 Å². The van der Waals surface area contributed by atoms with Gasteiger partial charge >= 0.3 is 0 Å². The highest BCUT2D eigenvalue weighted by molar-refractivity contribution is 5.40. The topological polar surface area (TPSA) is 21.3 Å². The summed E-state index contributed by atoms with van der Waals surface area (Å²) in [6, 6.07) is 8.79. The van der Waals surface area contributed by atoms with Gasteiger partial charge < -0.3 is 10.1 Å². The van der Waals surface area contributed by atoms with E-state index in [4.69, 9.17) is 4.74 Å². The molecule has 2 nitrogen and oxygen atoms in total. The van der Waals surface area contributed by atoms with Crippen LogP contribution in [0.25, 0.3) is 0 Å². The number of ether oxygens (including phenoxy) is 1. The third kappa shape index (κ3) is 2.76. The van der Waals surface area contributed by atoms with Crippen LogP contribution in [0.5, 0.6) is 0 Å². The molecule has 2 aliphatic rings. The van der Waals surface area contributed by atoms with Crippen LogP contribution < -0.4 is 5.32 Å². The molecule has 0 aromatic heterocycles. The minimum Gasteiger partial charge on any atom is -0.377 e. The lowest BCUT2D eigenvalue weighted by Crippen LogP contribution is -2.31. The minimum atomic E-state index is 0.552. The summed E-state index contributed by atoms with van der Waals surface area (Å²) >= 11 is 0. The van der Waals surface area contributed by atoms with Gasteiger partial charge in [0.1, 0.15) is 0 Å². The molecule has 1 aromatic rings. The summed E-state index contributed by atoms with van der Waals surface area (Å²) in [6.07, 6.45) is 7.06. The first-order valence-electron chi connectivity index (χ1n) is 7.33. The molecular weight excluding hydrogens is 222 g/mol. The fourth-order valence-electron chi connectivity index (χ4n) is 3.17. The summed E-state index contributed by atoms with van der Waals surface area (Å²) in [5.41, 5.74) is 3.08. The van der Waals surface area contributed by atoms with Gasteiger partial charge in [-0.25, -0.2) is 0 Å². The Bertz CT molecular complexity index is 384. The van der Waals surface area contributed by atoms with Gasteiger partial charge in [-0.3, -0.25) is 0 Å². The number of hydrogen-bond acceptors (Lipinski definition) is 2. The smallest absolute Gasteiger partial charge is 0.0594 e. The van der Waals surface area contributed by atoms with Crippen molar-refractivity contribution in [2.24, 2.45) is 0 Å². The number of benzene rings is 1. The molecule has 1 atom stereocenters. The first kappa shape index (κ1) is 12.2. The number of hydrogen-bond donors (Lipinski definition) is 1. The largest absolute Gasteiger partial charge is 0.377 e. The number of rotatable bonds is 6. The molecule has 0 heterocycles. The fourth-order valence-corrected chi connectivity index (χ4v) is 3.17. The van der Waals surface area contributed by atoms with E-state index in [1.54, 1.807) is 5.56 Å². The molecule has 1 aromatic carbocycles. The van der Waals surface area contributed by atoms with Crippen molar-refractivity contribution in [2.45, 2.75) is 44.1 Å². The monoisotopic (exact) mass is 245 g/mol. The average Bonchev–Trinajstić information content (AvgIpc) is 2.87. The molecule has 1 fully saturated rings. The third-order valence-corrected chi connectivity index (χ3v) is 4.29. The zero-order chi connectivity index (χ0) is 12.2. The highest BCUT2D eigenvalue weighted by atomic mass is 16.5. The Morgan fingerprint density at radius 1 is 1.17 bits per heavy atom. The third-order valence-electron chi connectivity index (χ3n) is 4.29. The Morgan fingerprint density at radius 3 is 2.83 bits per heavy atom. The maximum atomic E-state index is 5.84. The van der Waals surface area contributed by atoms with E-state index >= 15 is 0 Å². The second-order valence-electron chi connectivity index (χ2n) is 5.58. The van der Waals surface area contributed by atoms with Gasteiger partial charge in [-0.1, -0.05) is 37.1 Å². The lowest BCUT2D eigenvalue weighted by molar-refractivity contribution is 0.0602. The normalized spacial score (nSPS) is 22.8. The van der Waals surface area contributed by atoms with E-state index < -0.39 is 0 Å². The summed E-state index contributed by atoms with van der Waals surface area (Å²) < 4.78 is 5.84. The zero-order valence-electron chi connectivity index (χ0n) is 11.0. The van der Waals surface area contributed by atoms with Crippen LogP contribution in [0.3, 0.4) is 0 Å². The minimum absolute atomic E-state index is 0.552. The SMILES string of the molecule is c1ccc2c(c1)CC2CNCCOC1CCCC1. The van der Waals surface area contributed by atoms with Crippen LogP contribution in [0.1, 0.15) is 42.7 Å². The Morgan fingerprint density at radius 2 is 2.00 bits per heavy atom. The fraction of sp³-hybridized carbons (Fsp3) is 0.625. The molecule has 0 radical (unpaired) electrons. The Labute approximate surface area is 110 Å². The summed E-state index contributed by atoms with van der Waals surface area (Å²) in [7, 11) is 0. The van der Waals surface area contributed by atoms with E-state index in [0.717, 1.165) is 25.6 Å². The quantitative estimate of drug-likeness (QED) is 0.778. The maximum absolute atomic E-state index is 5.84. The lowest BCUT2D eigenvalue weighted by atomic mass is 9.78. The second-order valence-corrected chi connectivity index (χ2v) is 5.58. The number of nitrogens with one attached hydrogen (secondary N) is 1. The number of fused-ring (bicyclic) bond motifs is 1. The van der Waals surface area contributed by atoms with Gasteiger partial charge in [-0.05, 0) is 30.4 Å². The molecule has 1 saturated carbocycles. The molecule has 2 aliphatic carbocycles. The average molecular weight is 245 g/mol. The van der Waals surface area contributed by atoms with Crippen molar-refractivity contribution < 1.29 is 4.74 Å². The van der Waals surface area contributed by atoms with E-state index in [0.29, 0.717) is 6.10 Å². The molecule has 0 bridgehead atoms. The zero-order valence-corrected chi connectivity index (χ0v) is 11.0. The van der Waals surface area contributed by atoms with Crippen molar-refractivity contribution in [3.05, 3.63) is 35.4 Å². The van der Waals surface area contributed by atoms with Crippen molar-refractivity contribution in [1.29, 1.82) is 0 Å². The molecule has 2 heteroatoms. The molecule has 3 rings (SSSR count). The maximum Gasteiger partial charge on any atom is 0.0594 e. The van der Waals surface area contributed by atoms with Crippen LogP contribution in [0.4, 0.5) is 0 Å². The molecule has 0 spiro atoms. The molecule has 0 saturated heterocycles. The first-order valence-corrected chi connectivity index (χ1v) is 7.33. The van der Waals surface area contributed by atoms with E-state index in [-0.39, 0.29) is 0 Å². The summed E-state index contributed by atoms with van der Waals surface area (Å²) in [5, 5.41) is 3.53. The van der Waals surface area contributed by atoms with Crippen LogP contribution in [-0.4, -0.2) is 25.8 Å². The van der Waals surface area contributed by atoms with Gasteiger partial charge in [0.05, 0.1) is 12.7 Å². The van der Waals surface area contributed by atoms with Gasteiger partial charge in [0, 0.05) is 19.0 Å². The van der Waals surface area contributed by atoms with E-state index in [1.807, 2.05) is 0 Å². The van der Waals surface area contributed by atoms with Crippen LogP contribution in [0, 0.1) is 0 Å². The molecule has 18 heavy (non-hydrogen) atoms. The van der Waals surface area contributed by atoms with Crippen LogP contribution in [-0.2, 0) is 11.2 Å². The molecule has 0 amide bonds. The molecule has 1 N–H and O–H groups in total. The van der Waals surface area contributed by atoms with Crippen molar-refractivity contribution in [2.75, 3.05) is 19.7 Å². The van der Waals surface area contributed by atoms with Gasteiger partial charge in [0.25, 0.3) is 0 Å². The standard InChI is InChI=1S/C16H23NO/c1-4-8-16-13(5-1)11-14(16)12-17-9-10-18-15-6-2-3-7-15/h1,4-5,8,14-15,17H,2-3,6-7,9-12H2. The van der Waals surface area contributed by atoms with Crippen LogP contribution >= 0.6 is 0 Å².